The molecular weight excluding hydrogens is 162 g/mol. The van der Waals surface area contributed by atoms with Gasteiger partial charge in [0.15, 0.2) is 0 Å². The van der Waals surface area contributed by atoms with Gasteiger partial charge in [-0.2, -0.15) is 0 Å². The van der Waals surface area contributed by atoms with E-state index in [2.05, 4.69) is 6.92 Å². The molecule has 0 saturated carbocycles. The summed E-state index contributed by atoms with van der Waals surface area (Å²) in [5, 5.41) is 0. The van der Waals surface area contributed by atoms with Crippen molar-refractivity contribution >= 4 is 5.91 Å². The zero-order valence-electron chi connectivity index (χ0n) is 8.08. The Labute approximate surface area is 79.2 Å². The molecule has 1 aromatic rings. The van der Waals surface area contributed by atoms with Gasteiger partial charge in [-0.15, -0.1) is 0 Å². The van der Waals surface area contributed by atoms with Crippen LogP contribution >= 0.6 is 0 Å². The molecule has 2 heteroatoms. The summed E-state index contributed by atoms with van der Waals surface area (Å²) in [5.74, 6) is 0.0410. The van der Waals surface area contributed by atoms with Crippen molar-refractivity contribution < 1.29 is 4.79 Å². The number of hydrogen-bond donors (Lipinski definition) is 0. The Hall–Kier alpha value is -1.31. The Morgan fingerprint density at radius 2 is 2.00 bits per heavy atom. The zero-order chi connectivity index (χ0) is 9.84. The van der Waals surface area contributed by atoms with Gasteiger partial charge in [0.1, 0.15) is 0 Å². The first-order valence-electron chi connectivity index (χ1n) is 4.25. The molecule has 0 aliphatic carbocycles. The molecule has 0 heterocycles. The van der Waals surface area contributed by atoms with Crippen LogP contribution in [0.4, 0.5) is 0 Å². The highest BCUT2D eigenvalue weighted by atomic mass is 16.2. The minimum absolute atomic E-state index is 0.0410. The number of nitrogens with zero attached hydrogens (tertiary/aromatic N) is 1. The summed E-state index contributed by atoms with van der Waals surface area (Å²) < 4.78 is 0. The van der Waals surface area contributed by atoms with Crippen molar-refractivity contribution in [3.63, 3.8) is 0 Å². The van der Waals surface area contributed by atoms with Crippen LogP contribution in [0.5, 0.6) is 0 Å². The van der Waals surface area contributed by atoms with E-state index in [4.69, 9.17) is 0 Å². The Morgan fingerprint density at radius 1 is 1.38 bits per heavy atom. The first-order chi connectivity index (χ1) is 6.16. The average Bonchev–Trinajstić information content (AvgIpc) is 2.16. The number of benzene rings is 1. The van der Waals surface area contributed by atoms with Gasteiger partial charge in [-0.1, -0.05) is 18.2 Å². The van der Waals surface area contributed by atoms with Crippen LogP contribution in [0.3, 0.4) is 0 Å². The van der Waals surface area contributed by atoms with Crippen LogP contribution in [0.15, 0.2) is 24.3 Å². The molecule has 0 aliphatic heterocycles. The highest BCUT2D eigenvalue weighted by Gasteiger charge is 2.10. The molecule has 69 valence electrons. The Bertz CT molecular complexity index is 305. The fourth-order valence-electron chi connectivity index (χ4n) is 1.19. The Balaban J connectivity index is 3.06. The van der Waals surface area contributed by atoms with E-state index >= 15 is 0 Å². The van der Waals surface area contributed by atoms with Crippen LogP contribution in [-0.2, 0) is 6.42 Å². The van der Waals surface area contributed by atoms with Gasteiger partial charge in [0, 0.05) is 19.7 Å². The standard InChI is InChI=1S/C11H14NO/c1-4-9-7-5-6-8-10(9)11(13)12(2)3/h5-8H,1,4H2,2-3H3. The van der Waals surface area contributed by atoms with E-state index in [9.17, 15) is 4.79 Å². The second-order valence-corrected chi connectivity index (χ2v) is 3.11. The van der Waals surface area contributed by atoms with Crippen molar-refractivity contribution in [3.8, 4) is 0 Å². The van der Waals surface area contributed by atoms with Crippen LogP contribution in [0.2, 0.25) is 0 Å². The highest BCUT2D eigenvalue weighted by molar-refractivity contribution is 5.95. The van der Waals surface area contributed by atoms with E-state index < -0.39 is 0 Å². The third-order valence-corrected chi connectivity index (χ3v) is 1.92. The molecule has 13 heavy (non-hydrogen) atoms. The summed E-state index contributed by atoms with van der Waals surface area (Å²) in [6.07, 6.45) is 0.649. The summed E-state index contributed by atoms with van der Waals surface area (Å²) in [4.78, 5) is 13.2. The van der Waals surface area contributed by atoms with E-state index in [0.717, 1.165) is 11.1 Å². The molecular formula is C11H14NO. The lowest BCUT2D eigenvalue weighted by Gasteiger charge is -2.12. The predicted molar refractivity (Wildman–Crippen MR) is 53.5 cm³/mol. The maximum atomic E-state index is 11.6. The van der Waals surface area contributed by atoms with Gasteiger partial charge in [-0.05, 0) is 25.0 Å². The molecule has 0 saturated heterocycles. The molecule has 0 bridgehead atoms. The van der Waals surface area contributed by atoms with E-state index in [1.807, 2.05) is 24.3 Å². The monoisotopic (exact) mass is 176 g/mol. The van der Waals surface area contributed by atoms with Crippen molar-refractivity contribution in [2.75, 3.05) is 14.1 Å². The van der Waals surface area contributed by atoms with Crippen molar-refractivity contribution in [1.29, 1.82) is 0 Å². The van der Waals surface area contributed by atoms with E-state index in [-0.39, 0.29) is 5.91 Å². The van der Waals surface area contributed by atoms with Crippen LogP contribution in [0.25, 0.3) is 0 Å². The number of hydrogen-bond acceptors (Lipinski definition) is 1. The molecule has 0 aliphatic rings. The van der Waals surface area contributed by atoms with Crippen LogP contribution in [0, 0.1) is 6.92 Å². The van der Waals surface area contributed by atoms with Gasteiger partial charge in [0.25, 0.3) is 5.91 Å². The third kappa shape index (κ3) is 2.08. The van der Waals surface area contributed by atoms with Crippen LogP contribution < -0.4 is 0 Å². The van der Waals surface area contributed by atoms with Crippen molar-refractivity contribution in [3.05, 3.63) is 42.3 Å². The zero-order valence-corrected chi connectivity index (χ0v) is 8.08. The highest BCUT2D eigenvalue weighted by Crippen LogP contribution is 2.10. The second kappa shape index (κ2) is 4.08. The largest absolute Gasteiger partial charge is 0.345 e. The maximum absolute atomic E-state index is 11.6. The molecule has 0 atom stereocenters. The van der Waals surface area contributed by atoms with Crippen molar-refractivity contribution in [2.24, 2.45) is 0 Å². The number of carbonyl (C=O) groups excluding carboxylic acids is 1. The summed E-state index contributed by atoms with van der Waals surface area (Å²) in [6.45, 7) is 3.79. The molecule has 0 unspecified atom stereocenters. The molecule has 1 radical (unpaired) electrons. The summed E-state index contributed by atoms with van der Waals surface area (Å²) in [7, 11) is 3.50. The number of rotatable bonds is 2. The minimum atomic E-state index is 0.0410. The fraction of sp³-hybridized carbons (Fsp3) is 0.273. The first-order valence-corrected chi connectivity index (χ1v) is 4.25. The maximum Gasteiger partial charge on any atom is 0.253 e. The molecule has 1 rings (SSSR count). The van der Waals surface area contributed by atoms with E-state index in [0.29, 0.717) is 6.42 Å². The molecule has 2 nitrogen and oxygen atoms in total. The van der Waals surface area contributed by atoms with Gasteiger partial charge in [-0.3, -0.25) is 4.79 Å². The molecule has 0 aromatic heterocycles. The quantitative estimate of drug-likeness (QED) is 0.672. The Kier molecular flexibility index (Phi) is 3.07. The smallest absolute Gasteiger partial charge is 0.253 e. The normalized spacial score (nSPS) is 9.77. The fourth-order valence-corrected chi connectivity index (χ4v) is 1.19. The molecule has 0 spiro atoms. The van der Waals surface area contributed by atoms with Gasteiger partial charge >= 0.3 is 0 Å². The van der Waals surface area contributed by atoms with Crippen LogP contribution in [-0.4, -0.2) is 24.9 Å². The van der Waals surface area contributed by atoms with Crippen molar-refractivity contribution in [2.45, 2.75) is 6.42 Å². The van der Waals surface area contributed by atoms with Crippen molar-refractivity contribution in [1.82, 2.24) is 4.90 Å². The van der Waals surface area contributed by atoms with E-state index in [1.54, 1.807) is 19.0 Å². The minimum Gasteiger partial charge on any atom is -0.345 e. The topological polar surface area (TPSA) is 20.3 Å². The molecule has 1 aromatic carbocycles. The Morgan fingerprint density at radius 3 is 2.54 bits per heavy atom. The van der Waals surface area contributed by atoms with Gasteiger partial charge < -0.3 is 4.90 Å². The molecule has 1 amide bonds. The third-order valence-electron chi connectivity index (χ3n) is 1.92. The second-order valence-electron chi connectivity index (χ2n) is 3.11. The average molecular weight is 176 g/mol. The van der Waals surface area contributed by atoms with Crippen LogP contribution in [0.1, 0.15) is 15.9 Å². The van der Waals surface area contributed by atoms with Gasteiger partial charge in [0.05, 0.1) is 0 Å². The summed E-state index contributed by atoms with van der Waals surface area (Å²) >= 11 is 0. The molecule has 0 N–H and O–H groups in total. The SMILES string of the molecule is [CH2]Cc1ccccc1C(=O)N(C)C. The predicted octanol–water partition coefficient (Wildman–Crippen LogP) is 1.76. The number of amides is 1. The number of carbonyl (C=O) groups is 1. The first kappa shape index (κ1) is 9.78. The van der Waals surface area contributed by atoms with E-state index in [1.165, 1.54) is 0 Å². The van der Waals surface area contributed by atoms with Gasteiger partial charge in [0.2, 0.25) is 0 Å². The summed E-state index contributed by atoms with van der Waals surface area (Å²) in [6, 6.07) is 7.56. The lowest BCUT2D eigenvalue weighted by atomic mass is 10.0. The van der Waals surface area contributed by atoms with Gasteiger partial charge in [-0.25, -0.2) is 0 Å². The lowest BCUT2D eigenvalue weighted by Crippen LogP contribution is -2.22. The molecule has 0 fully saturated rings. The lowest BCUT2D eigenvalue weighted by molar-refractivity contribution is 0.0826. The summed E-state index contributed by atoms with van der Waals surface area (Å²) in [5.41, 5.74) is 1.75.